The summed E-state index contributed by atoms with van der Waals surface area (Å²) >= 11 is 0. The zero-order valence-corrected chi connectivity index (χ0v) is 13.7. The summed E-state index contributed by atoms with van der Waals surface area (Å²) in [5.41, 5.74) is 0. The molecule has 0 fully saturated rings. The second kappa shape index (κ2) is 4.95. The molecule has 0 atom stereocenters. The molecule has 0 aromatic heterocycles. The maximum absolute atomic E-state index is 2.38. The van der Waals surface area contributed by atoms with Crippen LogP contribution < -0.4 is 0 Å². The number of hydrogen-bond acceptors (Lipinski definition) is 0. The predicted octanol–water partition coefficient (Wildman–Crippen LogP) is 4.86. The van der Waals surface area contributed by atoms with Gasteiger partial charge in [0.1, 0.15) is 0 Å². The molecule has 0 heterocycles. The van der Waals surface area contributed by atoms with Crippen molar-refractivity contribution < 1.29 is 20.4 Å². The van der Waals surface area contributed by atoms with Gasteiger partial charge in [0.15, 0.2) is 0 Å². The standard InChI is InChI=1S/C12H27P.Pd/c1-10(2,3)13(11(4,5)6)12(7,8)9;/h1-9H3;/q;+2. The van der Waals surface area contributed by atoms with E-state index in [4.69, 9.17) is 0 Å². The van der Waals surface area contributed by atoms with Crippen LogP contribution in [-0.4, -0.2) is 15.5 Å². The van der Waals surface area contributed by atoms with E-state index in [9.17, 15) is 0 Å². The summed E-state index contributed by atoms with van der Waals surface area (Å²) in [7, 11) is 0.0162. The molecule has 0 aliphatic rings. The Morgan fingerprint density at radius 2 is 0.643 bits per heavy atom. The van der Waals surface area contributed by atoms with Crippen molar-refractivity contribution >= 4 is 7.92 Å². The van der Waals surface area contributed by atoms with Crippen LogP contribution in [0.5, 0.6) is 0 Å². The molecule has 0 aromatic rings. The maximum Gasteiger partial charge on any atom is 2.00 e. The van der Waals surface area contributed by atoms with Crippen molar-refractivity contribution in [2.24, 2.45) is 0 Å². The van der Waals surface area contributed by atoms with E-state index in [1.807, 2.05) is 0 Å². The van der Waals surface area contributed by atoms with Gasteiger partial charge >= 0.3 is 20.4 Å². The third-order valence-electron chi connectivity index (χ3n) is 2.01. The minimum absolute atomic E-state index is 0. The van der Waals surface area contributed by atoms with Gasteiger partial charge in [-0.3, -0.25) is 0 Å². The Hall–Kier alpha value is 1.09. The molecule has 0 aromatic carbocycles. The van der Waals surface area contributed by atoms with Crippen LogP contribution in [0.4, 0.5) is 0 Å². The van der Waals surface area contributed by atoms with Gasteiger partial charge in [0.05, 0.1) is 0 Å². The van der Waals surface area contributed by atoms with Crippen LogP contribution in [0.3, 0.4) is 0 Å². The van der Waals surface area contributed by atoms with Crippen LogP contribution >= 0.6 is 7.92 Å². The smallest absolute Gasteiger partial charge is 0.0901 e. The van der Waals surface area contributed by atoms with E-state index in [0.717, 1.165) is 0 Å². The van der Waals surface area contributed by atoms with Crippen LogP contribution in [0.15, 0.2) is 0 Å². The Balaban J connectivity index is 0. The molecule has 0 rings (SSSR count). The fourth-order valence-electron chi connectivity index (χ4n) is 3.02. The first kappa shape index (κ1) is 17.5. The fraction of sp³-hybridized carbons (Fsp3) is 1.00. The van der Waals surface area contributed by atoms with Gasteiger partial charge in [-0.25, -0.2) is 0 Å². The van der Waals surface area contributed by atoms with E-state index in [1.54, 1.807) is 0 Å². The Morgan fingerprint density at radius 1 is 0.500 bits per heavy atom. The zero-order chi connectivity index (χ0) is 11.1. The van der Waals surface area contributed by atoms with E-state index in [0.29, 0.717) is 15.5 Å². The normalized spacial score (nSPS) is 14.1. The summed E-state index contributed by atoms with van der Waals surface area (Å²) < 4.78 is 0. The van der Waals surface area contributed by atoms with Crippen molar-refractivity contribution in [2.45, 2.75) is 77.8 Å². The number of rotatable bonds is 0. The summed E-state index contributed by atoms with van der Waals surface area (Å²) in [5.74, 6) is 0. The van der Waals surface area contributed by atoms with Crippen molar-refractivity contribution in [3.63, 3.8) is 0 Å². The fourth-order valence-corrected chi connectivity index (χ4v) is 9.06. The summed E-state index contributed by atoms with van der Waals surface area (Å²) in [6, 6.07) is 0. The Labute approximate surface area is 106 Å². The molecule has 0 saturated carbocycles. The monoisotopic (exact) mass is 308 g/mol. The summed E-state index contributed by atoms with van der Waals surface area (Å²) in [6.45, 7) is 21.5. The quantitative estimate of drug-likeness (QED) is 0.443. The molecule has 0 saturated heterocycles. The van der Waals surface area contributed by atoms with Gasteiger partial charge in [0.2, 0.25) is 0 Å². The summed E-state index contributed by atoms with van der Waals surface area (Å²) in [6.07, 6.45) is 0. The average molecular weight is 309 g/mol. The molecule has 0 aliphatic carbocycles. The van der Waals surface area contributed by atoms with Gasteiger partial charge < -0.3 is 0 Å². The first-order valence-corrected chi connectivity index (χ1v) is 6.51. The molecular formula is C12H27PPd+2. The molecule has 0 bridgehead atoms. The minimum atomic E-state index is 0. The molecule has 88 valence electrons. The van der Waals surface area contributed by atoms with Gasteiger partial charge in [0.25, 0.3) is 0 Å². The van der Waals surface area contributed by atoms with E-state index < -0.39 is 0 Å². The van der Waals surface area contributed by atoms with Gasteiger partial charge in [-0.2, -0.15) is 0 Å². The molecule has 0 nitrogen and oxygen atoms in total. The van der Waals surface area contributed by atoms with E-state index in [2.05, 4.69) is 62.3 Å². The number of hydrogen-bond donors (Lipinski definition) is 0. The first-order valence-electron chi connectivity index (χ1n) is 5.17. The summed E-state index contributed by atoms with van der Waals surface area (Å²) in [4.78, 5) is 0. The average Bonchev–Trinajstić information content (AvgIpc) is 1.44. The van der Waals surface area contributed by atoms with Crippen molar-refractivity contribution in [3.05, 3.63) is 0 Å². The molecule has 0 amide bonds. The molecular weight excluding hydrogens is 282 g/mol. The van der Waals surface area contributed by atoms with Crippen LogP contribution in [-0.2, 0) is 20.4 Å². The zero-order valence-electron chi connectivity index (χ0n) is 11.3. The van der Waals surface area contributed by atoms with Crippen molar-refractivity contribution in [2.75, 3.05) is 0 Å². The van der Waals surface area contributed by atoms with Crippen LogP contribution in [0.25, 0.3) is 0 Å². The molecule has 14 heavy (non-hydrogen) atoms. The molecule has 2 heteroatoms. The SMILES string of the molecule is CC(C)(C)P(C(C)(C)C)C(C)(C)C.[Pd+2]. The topological polar surface area (TPSA) is 0 Å². The Bertz CT molecular complexity index is 133. The largest absolute Gasteiger partial charge is 2.00 e. The van der Waals surface area contributed by atoms with E-state index >= 15 is 0 Å². The molecule has 0 aliphatic heterocycles. The Kier molecular flexibility index (Phi) is 6.18. The second-order valence-corrected chi connectivity index (χ2v) is 11.5. The van der Waals surface area contributed by atoms with Crippen molar-refractivity contribution in [1.29, 1.82) is 0 Å². The van der Waals surface area contributed by atoms with E-state index in [-0.39, 0.29) is 28.3 Å². The van der Waals surface area contributed by atoms with Gasteiger partial charge in [-0.15, -0.1) is 0 Å². The van der Waals surface area contributed by atoms with Gasteiger partial charge in [-0.1, -0.05) is 70.2 Å². The van der Waals surface area contributed by atoms with Gasteiger partial charge in [0, 0.05) is 0 Å². The van der Waals surface area contributed by atoms with Crippen LogP contribution in [0.2, 0.25) is 0 Å². The third-order valence-corrected chi connectivity index (χ3v) is 6.04. The van der Waals surface area contributed by atoms with Crippen molar-refractivity contribution in [3.8, 4) is 0 Å². The van der Waals surface area contributed by atoms with Crippen LogP contribution in [0.1, 0.15) is 62.3 Å². The second-order valence-electron chi connectivity index (χ2n) is 6.85. The molecule has 0 N–H and O–H groups in total. The van der Waals surface area contributed by atoms with E-state index in [1.165, 1.54) is 0 Å². The Morgan fingerprint density at radius 3 is 0.643 bits per heavy atom. The van der Waals surface area contributed by atoms with Crippen molar-refractivity contribution in [1.82, 2.24) is 0 Å². The molecule has 0 spiro atoms. The third kappa shape index (κ3) is 5.25. The van der Waals surface area contributed by atoms with Crippen LogP contribution in [0, 0.1) is 0 Å². The molecule has 0 radical (unpaired) electrons. The van der Waals surface area contributed by atoms with Gasteiger partial charge in [-0.05, 0) is 15.5 Å². The predicted molar refractivity (Wildman–Crippen MR) is 66.2 cm³/mol. The summed E-state index contributed by atoms with van der Waals surface area (Å²) in [5, 5.41) is 1.35. The molecule has 0 unspecified atom stereocenters. The maximum atomic E-state index is 2.38. The minimum Gasteiger partial charge on any atom is -0.0901 e. The first-order chi connectivity index (χ1) is 5.37.